The van der Waals surface area contributed by atoms with Crippen molar-refractivity contribution in [3.05, 3.63) is 182 Å². The summed E-state index contributed by atoms with van der Waals surface area (Å²) in [6, 6.07) is 67.1. The average Bonchev–Trinajstić information content (AvgIpc) is 3.17. The summed E-state index contributed by atoms with van der Waals surface area (Å²) >= 11 is 0. The summed E-state index contributed by atoms with van der Waals surface area (Å²) < 4.78 is 0. The fourth-order valence-corrected chi connectivity index (χ4v) is 7.83. The summed E-state index contributed by atoms with van der Waals surface area (Å²) in [6.45, 7) is 0. The Morgan fingerprint density at radius 2 is 0.625 bits per heavy atom. The van der Waals surface area contributed by atoms with Gasteiger partial charge < -0.3 is 0 Å². The van der Waals surface area contributed by atoms with Gasteiger partial charge in [0.15, 0.2) is 0 Å². The van der Waals surface area contributed by atoms with Gasteiger partial charge >= 0.3 is 0 Å². The summed E-state index contributed by atoms with van der Waals surface area (Å²) in [6.07, 6.45) is 0. The van der Waals surface area contributed by atoms with Crippen LogP contribution in [0.25, 0.3) is 98.0 Å². The van der Waals surface area contributed by atoms with Crippen LogP contribution in [0.2, 0.25) is 0 Å². The van der Waals surface area contributed by atoms with E-state index in [0.29, 0.717) is 0 Å². The van der Waals surface area contributed by atoms with Gasteiger partial charge in [0.1, 0.15) is 0 Å². The SMILES string of the molecule is c1ccc2c(c1)cc(-c1ccc3cc(-c4ccc(-c5cc6c7ccccc7ccc6c6ccccc56)cc4)ccc3c1)c1ccccc12. The number of hydrogen-bond acceptors (Lipinski definition) is 0. The molecule has 0 radical (unpaired) electrons. The molecule has 0 unspecified atom stereocenters. The van der Waals surface area contributed by atoms with Gasteiger partial charge in [-0.25, -0.2) is 0 Å². The fourth-order valence-electron chi connectivity index (χ4n) is 7.83. The molecule has 48 heavy (non-hydrogen) atoms. The number of fused-ring (bicyclic) bond motifs is 9. The zero-order valence-electron chi connectivity index (χ0n) is 26.3. The van der Waals surface area contributed by atoms with Gasteiger partial charge in [0.05, 0.1) is 0 Å². The summed E-state index contributed by atoms with van der Waals surface area (Å²) in [5.41, 5.74) is 7.48. The van der Waals surface area contributed by atoms with Gasteiger partial charge in [0.2, 0.25) is 0 Å². The molecule has 0 fully saturated rings. The molecule has 0 amide bonds. The molecule has 0 heterocycles. The van der Waals surface area contributed by atoms with Crippen LogP contribution in [-0.4, -0.2) is 0 Å². The van der Waals surface area contributed by atoms with E-state index in [1.165, 1.54) is 98.0 Å². The highest BCUT2D eigenvalue weighted by molar-refractivity contribution is 6.21. The smallest absolute Gasteiger partial charge is 0.00928 e. The van der Waals surface area contributed by atoms with Crippen LogP contribution in [-0.2, 0) is 0 Å². The van der Waals surface area contributed by atoms with Crippen molar-refractivity contribution in [3.8, 4) is 33.4 Å². The molecular weight excluding hydrogens is 577 g/mol. The minimum atomic E-state index is 1.22. The Bertz CT molecular complexity index is 2870. The lowest BCUT2D eigenvalue weighted by Crippen LogP contribution is -1.87. The Morgan fingerprint density at radius 3 is 1.33 bits per heavy atom. The number of benzene rings is 10. The quantitative estimate of drug-likeness (QED) is 0.176. The second-order valence-corrected chi connectivity index (χ2v) is 12.9. The molecular formula is C48H30. The van der Waals surface area contributed by atoms with Crippen LogP contribution < -0.4 is 0 Å². The summed E-state index contributed by atoms with van der Waals surface area (Å²) in [5.74, 6) is 0. The molecule has 0 aliphatic rings. The molecule has 10 aromatic carbocycles. The molecule has 0 nitrogen and oxygen atoms in total. The summed E-state index contributed by atoms with van der Waals surface area (Å²) in [7, 11) is 0. The molecule has 0 saturated heterocycles. The predicted octanol–water partition coefficient (Wildman–Crippen LogP) is 13.6. The Labute approximate surface area is 279 Å². The van der Waals surface area contributed by atoms with Crippen molar-refractivity contribution in [1.29, 1.82) is 0 Å². The van der Waals surface area contributed by atoms with E-state index in [9.17, 15) is 0 Å². The van der Waals surface area contributed by atoms with Crippen LogP contribution in [0.1, 0.15) is 0 Å². The van der Waals surface area contributed by atoms with E-state index in [-0.39, 0.29) is 0 Å². The number of rotatable bonds is 3. The molecule has 0 spiro atoms. The van der Waals surface area contributed by atoms with E-state index < -0.39 is 0 Å². The Balaban J connectivity index is 1.04. The first-order valence-corrected chi connectivity index (χ1v) is 16.7. The molecule has 10 rings (SSSR count). The first-order valence-electron chi connectivity index (χ1n) is 16.7. The molecule has 0 bridgehead atoms. The first kappa shape index (κ1) is 26.9. The maximum absolute atomic E-state index is 2.39. The van der Waals surface area contributed by atoms with Gasteiger partial charge in [-0.3, -0.25) is 0 Å². The van der Waals surface area contributed by atoms with E-state index in [4.69, 9.17) is 0 Å². The van der Waals surface area contributed by atoms with E-state index in [1.54, 1.807) is 0 Å². The highest BCUT2D eigenvalue weighted by atomic mass is 14.2. The first-order chi connectivity index (χ1) is 23.8. The monoisotopic (exact) mass is 606 g/mol. The normalized spacial score (nSPS) is 11.8. The van der Waals surface area contributed by atoms with Crippen molar-refractivity contribution in [2.24, 2.45) is 0 Å². The topological polar surface area (TPSA) is 0 Å². The van der Waals surface area contributed by atoms with Crippen LogP contribution >= 0.6 is 0 Å². The van der Waals surface area contributed by atoms with E-state index >= 15 is 0 Å². The van der Waals surface area contributed by atoms with Crippen molar-refractivity contribution in [2.75, 3.05) is 0 Å². The highest BCUT2D eigenvalue weighted by Gasteiger charge is 2.12. The van der Waals surface area contributed by atoms with Crippen molar-refractivity contribution in [1.82, 2.24) is 0 Å². The maximum atomic E-state index is 2.39. The second-order valence-electron chi connectivity index (χ2n) is 12.9. The van der Waals surface area contributed by atoms with Crippen molar-refractivity contribution in [3.63, 3.8) is 0 Å². The van der Waals surface area contributed by atoms with Crippen molar-refractivity contribution >= 4 is 64.6 Å². The number of hydrogen-bond donors (Lipinski definition) is 0. The molecule has 222 valence electrons. The predicted molar refractivity (Wildman–Crippen MR) is 208 cm³/mol. The van der Waals surface area contributed by atoms with E-state index in [1.807, 2.05) is 0 Å². The van der Waals surface area contributed by atoms with Crippen LogP contribution in [0.3, 0.4) is 0 Å². The summed E-state index contributed by atoms with van der Waals surface area (Å²) in [5, 5.41) is 15.4. The van der Waals surface area contributed by atoms with Gasteiger partial charge in [-0.2, -0.15) is 0 Å². The lowest BCUT2D eigenvalue weighted by Gasteiger charge is -2.14. The minimum absolute atomic E-state index is 1.22. The largest absolute Gasteiger partial charge is 0.0616 e. The molecule has 0 atom stereocenters. The second kappa shape index (κ2) is 10.7. The van der Waals surface area contributed by atoms with Crippen LogP contribution in [0, 0.1) is 0 Å². The molecule has 0 aromatic heterocycles. The molecule has 0 heteroatoms. The Kier molecular flexibility index (Phi) is 5.98. The van der Waals surface area contributed by atoms with Gasteiger partial charge in [-0.1, -0.05) is 158 Å². The summed E-state index contributed by atoms with van der Waals surface area (Å²) in [4.78, 5) is 0. The van der Waals surface area contributed by atoms with Crippen LogP contribution in [0.4, 0.5) is 0 Å². The van der Waals surface area contributed by atoms with Gasteiger partial charge in [-0.15, -0.1) is 0 Å². The van der Waals surface area contributed by atoms with Gasteiger partial charge in [0, 0.05) is 0 Å². The zero-order valence-corrected chi connectivity index (χ0v) is 26.3. The van der Waals surface area contributed by atoms with E-state index in [2.05, 4.69) is 182 Å². The van der Waals surface area contributed by atoms with Crippen molar-refractivity contribution in [2.45, 2.75) is 0 Å². The third kappa shape index (κ3) is 4.24. The van der Waals surface area contributed by atoms with Gasteiger partial charge in [-0.05, 0) is 122 Å². The standard InChI is InChI=1S/C48H30/c1-3-11-39-32(9-1)25-26-45-42-14-6-8-16-44(42)47(30-48(39)45)33-19-17-31(18-20-33)34-21-22-36-28-38(24-23-35(36)27-34)46-29-37-10-2-4-12-40(37)41-13-5-7-15-43(41)46/h1-30H. The highest BCUT2D eigenvalue weighted by Crippen LogP contribution is 2.40. The Hall–Kier alpha value is -6.24. The van der Waals surface area contributed by atoms with Gasteiger partial charge in [0.25, 0.3) is 0 Å². The van der Waals surface area contributed by atoms with Crippen molar-refractivity contribution < 1.29 is 0 Å². The molecule has 0 saturated carbocycles. The third-order valence-corrected chi connectivity index (χ3v) is 10.2. The maximum Gasteiger partial charge on any atom is -0.00928 e. The molecule has 0 aliphatic carbocycles. The van der Waals surface area contributed by atoms with Crippen LogP contribution in [0.5, 0.6) is 0 Å². The molecule has 0 N–H and O–H groups in total. The minimum Gasteiger partial charge on any atom is -0.0616 e. The average molecular weight is 607 g/mol. The third-order valence-electron chi connectivity index (χ3n) is 10.2. The van der Waals surface area contributed by atoms with E-state index in [0.717, 1.165) is 0 Å². The Morgan fingerprint density at radius 1 is 0.188 bits per heavy atom. The zero-order chi connectivity index (χ0) is 31.6. The lowest BCUT2D eigenvalue weighted by atomic mass is 9.90. The lowest BCUT2D eigenvalue weighted by molar-refractivity contribution is 1.62. The molecule has 10 aromatic rings. The van der Waals surface area contributed by atoms with Crippen LogP contribution in [0.15, 0.2) is 182 Å². The fraction of sp³-hybridized carbons (Fsp3) is 0. The molecule has 0 aliphatic heterocycles.